The molecule has 164 valence electrons. The van der Waals surface area contributed by atoms with Crippen LogP contribution in [0, 0.1) is 0 Å². The van der Waals surface area contributed by atoms with Crippen molar-refractivity contribution in [2.24, 2.45) is 0 Å². The maximum absolute atomic E-state index is 12.2. The summed E-state index contributed by atoms with van der Waals surface area (Å²) in [5.41, 5.74) is 4.35. The van der Waals surface area contributed by atoms with Crippen LogP contribution < -0.4 is 4.74 Å². The molecular formula is C25H35NO4. The van der Waals surface area contributed by atoms with Gasteiger partial charge in [-0.3, -0.25) is 0 Å². The molecule has 0 N–H and O–H groups in total. The van der Waals surface area contributed by atoms with Gasteiger partial charge in [0.15, 0.2) is 0 Å². The fraction of sp³-hybridized carbons (Fsp3) is 0.640. The van der Waals surface area contributed by atoms with Gasteiger partial charge in [-0.15, -0.1) is 0 Å². The monoisotopic (exact) mass is 413 g/mol. The van der Waals surface area contributed by atoms with Crippen LogP contribution in [0.25, 0.3) is 6.08 Å². The highest BCUT2D eigenvalue weighted by molar-refractivity contribution is 5.96. The Hall–Kier alpha value is -1.85. The van der Waals surface area contributed by atoms with Crippen LogP contribution in [0.4, 0.5) is 0 Å². The minimum absolute atomic E-state index is 0.204. The third-order valence-corrected chi connectivity index (χ3v) is 6.68. The molecule has 2 fully saturated rings. The number of rotatable bonds is 6. The van der Waals surface area contributed by atoms with Crippen molar-refractivity contribution in [2.75, 3.05) is 32.9 Å². The van der Waals surface area contributed by atoms with Gasteiger partial charge in [0.05, 0.1) is 6.61 Å². The van der Waals surface area contributed by atoms with Crippen molar-refractivity contribution in [3.8, 4) is 5.75 Å². The van der Waals surface area contributed by atoms with Crippen LogP contribution in [-0.2, 0) is 20.7 Å². The van der Waals surface area contributed by atoms with Gasteiger partial charge in [-0.2, -0.15) is 0 Å². The van der Waals surface area contributed by atoms with E-state index in [1.165, 1.54) is 11.1 Å². The number of esters is 1. The zero-order valence-electron chi connectivity index (χ0n) is 18.6. The van der Waals surface area contributed by atoms with Crippen molar-refractivity contribution in [1.29, 1.82) is 0 Å². The molecule has 0 aromatic heterocycles. The molecular weight excluding hydrogens is 378 g/mol. The third-order valence-electron chi connectivity index (χ3n) is 6.68. The minimum atomic E-state index is -0.204. The largest absolute Gasteiger partial charge is 0.490 e. The average molecular weight is 414 g/mol. The molecule has 0 bridgehead atoms. The van der Waals surface area contributed by atoms with E-state index in [4.69, 9.17) is 14.2 Å². The van der Waals surface area contributed by atoms with E-state index in [-0.39, 0.29) is 12.1 Å². The van der Waals surface area contributed by atoms with E-state index in [1.807, 2.05) is 13.0 Å². The van der Waals surface area contributed by atoms with Gasteiger partial charge < -0.3 is 19.1 Å². The molecule has 5 nitrogen and oxygen atoms in total. The maximum atomic E-state index is 12.2. The topological polar surface area (TPSA) is 48.0 Å². The Bertz CT molecular complexity index is 787. The number of carbonyl (C=O) groups is 1. The Balaban J connectivity index is 1.56. The molecule has 1 aromatic carbocycles. The number of benzene rings is 1. The molecule has 2 aliphatic heterocycles. The van der Waals surface area contributed by atoms with E-state index in [9.17, 15) is 4.79 Å². The predicted molar refractivity (Wildman–Crippen MR) is 118 cm³/mol. The fourth-order valence-corrected chi connectivity index (χ4v) is 4.86. The summed E-state index contributed by atoms with van der Waals surface area (Å²) in [6.07, 6.45) is 7.07. The highest BCUT2D eigenvalue weighted by atomic mass is 16.5. The number of carbonyl (C=O) groups excluding carboxylic acids is 1. The highest BCUT2D eigenvalue weighted by Crippen LogP contribution is 2.40. The Morgan fingerprint density at radius 3 is 2.57 bits per heavy atom. The van der Waals surface area contributed by atoms with E-state index in [0.717, 1.165) is 68.9 Å². The summed E-state index contributed by atoms with van der Waals surface area (Å²) in [5, 5.41) is 0. The van der Waals surface area contributed by atoms with Crippen LogP contribution in [0.3, 0.4) is 0 Å². The minimum Gasteiger partial charge on any atom is -0.490 e. The zero-order valence-corrected chi connectivity index (χ0v) is 18.6. The molecule has 0 unspecified atom stereocenters. The second kappa shape index (κ2) is 9.52. The Morgan fingerprint density at radius 2 is 1.90 bits per heavy atom. The first-order chi connectivity index (χ1) is 14.5. The summed E-state index contributed by atoms with van der Waals surface area (Å²) >= 11 is 0. The lowest BCUT2D eigenvalue weighted by atomic mass is 9.88. The summed E-state index contributed by atoms with van der Waals surface area (Å²) in [4.78, 5) is 14.8. The highest BCUT2D eigenvalue weighted by Gasteiger charge is 2.28. The number of likely N-dealkylation sites (tertiary alicyclic amines) is 1. The lowest BCUT2D eigenvalue weighted by Crippen LogP contribution is -2.41. The number of piperidine rings is 1. The van der Waals surface area contributed by atoms with Crippen LogP contribution in [0.2, 0.25) is 0 Å². The number of hydrogen-bond donors (Lipinski definition) is 0. The van der Waals surface area contributed by atoms with E-state index in [0.29, 0.717) is 25.0 Å². The number of hydrogen-bond acceptors (Lipinski definition) is 5. The first-order valence-electron chi connectivity index (χ1n) is 11.6. The van der Waals surface area contributed by atoms with Crippen molar-refractivity contribution in [2.45, 2.75) is 70.9 Å². The number of ether oxygens (including phenoxy) is 3. The molecule has 0 spiro atoms. The van der Waals surface area contributed by atoms with Gasteiger partial charge in [0.1, 0.15) is 11.9 Å². The van der Waals surface area contributed by atoms with Crippen LogP contribution in [0.1, 0.15) is 69.1 Å². The molecule has 0 saturated carbocycles. The van der Waals surface area contributed by atoms with Gasteiger partial charge in [-0.1, -0.05) is 6.07 Å². The number of nitrogens with zero attached hydrogens (tertiary/aromatic N) is 1. The molecule has 30 heavy (non-hydrogen) atoms. The van der Waals surface area contributed by atoms with Crippen LogP contribution >= 0.6 is 0 Å². The molecule has 0 amide bonds. The summed E-state index contributed by atoms with van der Waals surface area (Å²) in [6, 6.07) is 5.04. The summed E-state index contributed by atoms with van der Waals surface area (Å²) in [6.45, 7) is 10.6. The molecule has 3 aliphatic rings. The van der Waals surface area contributed by atoms with Crippen molar-refractivity contribution >= 4 is 12.0 Å². The van der Waals surface area contributed by atoms with Crippen molar-refractivity contribution < 1.29 is 19.0 Å². The third kappa shape index (κ3) is 4.73. The van der Waals surface area contributed by atoms with Crippen LogP contribution in [0.15, 0.2) is 17.7 Å². The standard InChI is InChI=1S/C25H35NO4/c1-4-29-25(27)21-13-19-15-23(18-7-11-28-12-8-18)24(16-20(19)14-21)30-22-5-9-26(10-6-22)17(2)3/h14-18,22H,4-13H2,1-3H3. The van der Waals surface area contributed by atoms with Gasteiger partial charge in [-0.05, 0) is 81.2 Å². The van der Waals surface area contributed by atoms with E-state index < -0.39 is 0 Å². The molecule has 2 saturated heterocycles. The lowest BCUT2D eigenvalue weighted by molar-refractivity contribution is -0.138. The molecule has 4 rings (SSSR count). The average Bonchev–Trinajstić information content (AvgIpc) is 3.17. The van der Waals surface area contributed by atoms with E-state index in [2.05, 4.69) is 30.9 Å². The van der Waals surface area contributed by atoms with Crippen molar-refractivity contribution in [3.63, 3.8) is 0 Å². The fourth-order valence-electron chi connectivity index (χ4n) is 4.86. The van der Waals surface area contributed by atoms with Crippen molar-refractivity contribution in [3.05, 3.63) is 34.4 Å². The van der Waals surface area contributed by atoms with Crippen LogP contribution in [-0.4, -0.2) is 55.9 Å². The smallest absolute Gasteiger partial charge is 0.334 e. The van der Waals surface area contributed by atoms with Gasteiger partial charge in [0.2, 0.25) is 0 Å². The van der Waals surface area contributed by atoms with E-state index in [1.54, 1.807) is 0 Å². The molecule has 5 heteroatoms. The Morgan fingerprint density at radius 1 is 1.17 bits per heavy atom. The second-order valence-corrected chi connectivity index (χ2v) is 8.99. The summed E-state index contributed by atoms with van der Waals surface area (Å²) in [5.74, 6) is 1.26. The maximum Gasteiger partial charge on any atom is 0.334 e. The summed E-state index contributed by atoms with van der Waals surface area (Å²) in [7, 11) is 0. The van der Waals surface area contributed by atoms with Crippen LogP contribution in [0.5, 0.6) is 5.75 Å². The SMILES string of the molecule is CCOC(=O)C1=Cc2cc(OC3CCN(C(C)C)CC3)c(C3CCOCC3)cc2C1. The molecule has 0 atom stereocenters. The first kappa shape index (κ1) is 21.4. The van der Waals surface area contributed by atoms with E-state index >= 15 is 0 Å². The number of fused-ring (bicyclic) bond motifs is 1. The second-order valence-electron chi connectivity index (χ2n) is 8.99. The normalized spacial score (nSPS) is 20.9. The molecule has 0 radical (unpaired) electrons. The van der Waals surface area contributed by atoms with Gasteiger partial charge in [0, 0.05) is 44.3 Å². The quantitative estimate of drug-likeness (QED) is 0.650. The predicted octanol–water partition coefficient (Wildman–Crippen LogP) is 4.33. The molecule has 1 aliphatic carbocycles. The molecule has 1 aromatic rings. The van der Waals surface area contributed by atoms with Gasteiger partial charge in [-0.25, -0.2) is 4.79 Å². The Kier molecular flexibility index (Phi) is 6.79. The first-order valence-corrected chi connectivity index (χ1v) is 11.6. The van der Waals surface area contributed by atoms with Gasteiger partial charge >= 0.3 is 5.97 Å². The van der Waals surface area contributed by atoms with Crippen molar-refractivity contribution in [1.82, 2.24) is 4.90 Å². The lowest BCUT2D eigenvalue weighted by Gasteiger charge is -2.35. The Labute approximate surface area is 180 Å². The van der Waals surface area contributed by atoms with Gasteiger partial charge in [0.25, 0.3) is 0 Å². The molecule has 2 heterocycles. The zero-order chi connectivity index (χ0) is 21.1. The summed E-state index contributed by atoms with van der Waals surface area (Å²) < 4.78 is 17.4.